The van der Waals surface area contributed by atoms with Crippen LogP contribution >= 0.6 is 0 Å². The Kier molecular flexibility index (Phi) is 16.2. The molecular formula is C31H56O13. The standard InChI is InChI=1S/C31H56O13/c1-3-4-5-6-7-8-9-10-11-12-13-14-15-16-23(34)42-28-25(36)22(18-33)43-31(28,30-39-19-20(2)40-30)44-29-27(38)26(37)24(35)21(17-32)41-29/h20-22,24-30,32-33,35-38H,3-19H2,1-2H3/t20?,21-,22-,24-,25-,26+,27-,28+,29-,30?,31-/m1/s1. The molecule has 3 rings (SSSR count). The van der Waals surface area contributed by atoms with Gasteiger partial charge in [0.25, 0.3) is 5.79 Å². The van der Waals surface area contributed by atoms with E-state index in [1.165, 1.54) is 57.8 Å². The monoisotopic (exact) mass is 636 g/mol. The summed E-state index contributed by atoms with van der Waals surface area (Å²) in [6.45, 7) is 2.67. The molecule has 0 saturated carbocycles. The second kappa shape index (κ2) is 19.0. The molecule has 0 spiro atoms. The molecule has 44 heavy (non-hydrogen) atoms. The van der Waals surface area contributed by atoms with E-state index in [0.29, 0.717) is 6.42 Å². The van der Waals surface area contributed by atoms with Gasteiger partial charge in [-0.15, -0.1) is 0 Å². The molecule has 2 unspecified atom stereocenters. The minimum Gasteiger partial charge on any atom is -0.453 e. The number of esters is 1. The minimum absolute atomic E-state index is 0.0731. The van der Waals surface area contributed by atoms with Gasteiger partial charge in [-0.25, -0.2) is 0 Å². The average Bonchev–Trinajstić information content (AvgIpc) is 3.57. The van der Waals surface area contributed by atoms with Crippen molar-refractivity contribution in [2.75, 3.05) is 19.8 Å². The highest BCUT2D eigenvalue weighted by molar-refractivity contribution is 5.69. The molecule has 6 N–H and O–H groups in total. The summed E-state index contributed by atoms with van der Waals surface area (Å²) in [6.07, 6.45) is 0.635. The van der Waals surface area contributed by atoms with Gasteiger partial charge in [0.2, 0.25) is 6.29 Å². The van der Waals surface area contributed by atoms with Crippen LogP contribution in [0.25, 0.3) is 0 Å². The van der Waals surface area contributed by atoms with Crippen LogP contribution < -0.4 is 0 Å². The predicted octanol–water partition coefficient (Wildman–Crippen LogP) is 1.41. The molecule has 0 aliphatic carbocycles. The number of unbranched alkanes of at least 4 members (excludes halogenated alkanes) is 12. The summed E-state index contributed by atoms with van der Waals surface area (Å²) in [5, 5.41) is 61.7. The maximum Gasteiger partial charge on any atom is 0.306 e. The van der Waals surface area contributed by atoms with Gasteiger partial charge in [-0.3, -0.25) is 4.79 Å². The third-order valence-corrected chi connectivity index (χ3v) is 8.66. The van der Waals surface area contributed by atoms with Crippen LogP contribution in [-0.4, -0.2) is 124 Å². The molecule has 3 aliphatic heterocycles. The Bertz CT molecular complexity index is 815. The quantitative estimate of drug-likeness (QED) is 0.0830. The Balaban J connectivity index is 1.55. The Morgan fingerprint density at radius 2 is 1.32 bits per heavy atom. The van der Waals surface area contributed by atoms with Crippen molar-refractivity contribution in [1.82, 2.24) is 0 Å². The fraction of sp³-hybridized carbons (Fsp3) is 0.968. The van der Waals surface area contributed by atoms with E-state index in [1.807, 2.05) is 0 Å². The van der Waals surface area contributed by atoms with Crippen molar-refractivity contribution in [3.05, 3.63) is 0 Å². The maximum atomic E-state index is 13.0. The van der Waals surface area contributed by atoms with Crippen molar-refractivity contribution in [3.63, 3.8) is 0 Å². The van der Waals surface area contributed by atoms with Gasteiger partial charge < -0.3 is 59.1 Å². The van der Waals surface area contributed by atoms with Gasteiger partial charge >= 0.3 is 5.97 Å². The molecule has 13 nitrogen and oxygen atoms in total. The molecule has 0 amide bonds. The lowest BCUT2D eigenvalue weighted by molar-refractivity contribution is -0.415. The van der Waals surface area contributed by atoms with Crippen LogP contribution in [-0.2, 0) is 33.2 Å². The number of hydrogen-bond acceptors (Lipinski definition) is 13. The van der Waals surface area contributed by atoms with Gasteiger partial charge in [0.05, 0.1) is 25.9 Å². The summed E-state index contributed by atoms with van der Waals surface area (Å²) in [4.78, 5) is 13.0. The van der Waals surface area contributed by atoms with Crippen molar-refractivity contribution in [3.8, 4) is 0 Å². The highest BCUT2D eigenvalue weighted by Crippen LogP contribution is 2.43. The average molecular weight is 637 g/mol. The molecule has 0 aromatic carbocycles. The van der Waals surface area contributed by atoms with E-state index in [0.717, 1.165) is 19.3 Å². The lowest BCUT2D eigenvalue weighted by atomic mass is 9.98. The number of ether oxygens (including phenoxy) is 6. The summed E-state index contributed by atoms with van der Waals surface area (Å²) in [7, 11) is 0. The number of carbonyl (C=O) groups excluding carboxylic acids is 1. The number of aliphatic hydroxyl groups is 6. The minimum atomic E-state index is -2.23. The van der Waals surface area contributed by atoms with E-state index < -0.39 is 86.4 Å². The van der Waals surface area contributed by atoms with E-state index in [1.54, 1.807) is 6.92 Å². The number of carbonyl (C=O) groups is 1. The number of hydrogen-bond donors (Lipinski definition) is 6. The van der Waals surface area contributed by atoms with E-state index in [9.17, 15) is 35.4 Å². The highest BCUT2D eigenvalue weighted by Gasteiger charge is 2.66. The second-order valence-electron chi connectivity index (χ2n) is 12.4. The van der Waals surface area contributed by atoms with Crippen LogP contribution in [0.4, 0.5) is 0 Å². The summed E-state index contributed by atoms with van der Waals surface area (Å²) < 4.78 is 34.6. The molecule has 3 heterocycles. The van der Waals surface area contributed by atoms with E-state index in [-0.39, 0.29) is 13.0 Å². The van der Waals surface area contributed by atoms with Crippen LogP contribution in [0.5, 0.6) is 0 Å². The van der Waals surface area contributed by atoms with Gasteiger partial charge in [0.1, 0.15) is 36.6 Å². The molecule has 0 radical (unpaired) electrons. The summed E-state index contributed by atoms with van der Waals surface area (Å²) >= 11 is 0. The normalized spacial score (nSPS) is 37.5. The van der Waals surface area contributed by atoms with Gasteiger partial charge in [-0.2, -0.15) is 0 Å². The van der Waals surface area contributed by atoms with Crippen LogP contribution in [0, 0.1) is 0 Å². The van der Waals surface area contributed by atoms with Crippen molar-refractivity contribution in [2.45, 2.75) is 171 Å². The fourth-order valence-corrected chi connectivity index (χ4v) is 6.00. The third-order valence-electron chi connectivity index (χ3n) is 8.66. The molecule has 0 bridgehead atoms. The van der Waals surface area contributed by atoms with Gasteiger partial charge in [0, 0.05) is 6.42 Å². The van der Waals surface area contributed by atoms with Crippen molar-refractivity contribution in [1.29, 1.82) is 0 Å². The summed E-state index contributed by atoms with van der Waals surface area (Å²) in [6, 6.07) is 0. The Morgan fingerprint density at radius 3 is 1.84 bits per heavy atom. The first kappa shape index (κ1) is 37.5. The number of rotatable bonds is 20. The van der Waals surface area contributed by atoms with Crippen LogP contribution in [0.15, 0.2) is 0 Å². The summed E-state index contributed by atoms with van der Waals surface area (Å²) in [5.74, 6) is -2.86. The molecule has 0 aromatic heterocycles. The largest absolute Gasteiger partial charge is 0.453 e. The maximum absolute atomic E-state index is 13.0. The topological polar surface area (TPSA) is 194 Å². The Labute approximate surface area is 260 Å². The summed E-state index contributed by atoms with van der Waals surface area (Å²) in [5.41, 5.74) is 0. The van der Waals surface area contributed by atoms with E-state index >= 15 is 0 Å². The fourth-order valence-electron chi connectivity index (χ4n) is 6.00. The molecule has 3 aliphatic rings. The van der Waals surface area contributed by atoms with Crippen LogP contribution in [0.3, 0.4) is 0 Å². The smallest absolute Gasteiger partial charge is 0.306 e. The first-order valence-electron chi connectivity index (χ1n) is 16.6. The van der Waals surface area contributed by atoms with Gasteiger partial charge in [-0.1, -0.05) is 84.0 Å². The molecule has 0 aromatic rings. The highest BCUT2D eigenvalue weighted by atomic mass is 16.9. The Morgan fingerprint density at radius 1 is 0.750 bits per heavy atom. The zero-order valence-electron chi connectivity index (χ0n) is 26.3. The predicted molar refractivity (Wildman–Crippen MR) is 156 cm³/mol. The van der Waals surface area contributed by atoms with Crippen LogP contribution in [0.1, 0.15) is 104 Å². The molecule has 3 fully saturated rings. The van der Waals surface area contributed by atoms with Crippen molar-refractivity contribution in [2.24, 2.45) is 0 Å². The Hall–Kier alpha value is -0.970. The first-order chi connectivity index (χ1) is 21.2. The second-order valence-corrected chi connectivity index (χ2v) is 12.4. The zero-order chi connectivity index (χ0) is 32.1. The lowest BCUT2D eigenvalue weighted by Crippen LogP contribution is -2.65. The first-order valence-corrected chi connectivity index (χ1v) is 16.6. The van der Waals surface area contributed by atoms with Crippen molar-refractivity contribution >= 4 is 5.97 Å². The molecule has 3 saturated heterocycles. The SMILES string of the molecule is CCCCCCCCCCCCCCCC(=O)O[C@H]1[C@H](O)[C@@H](CO)O[C@]1(O[C@H]1O[C@H](CO)[C@@H](O)[C@H](O)[C@H]1O)C1OCC(C)O1. The molecular weight excluding hydrogens is 580 g/mol. The van der Waals surface area contributed by atoms with Gasteiger partial charge in [0.15, 0.2) is 12.4 Å². The van der Waals surface area contributed by atoms with Gasteiger partial charge in [-0.05, 0) is 13.3 Å². The van der Waals surface area contributed by atoms with Crippen molar-refractivity contribution < 1.29 is 63.9 Å². The molecule has 258 valence electrons. The number of aliphatic hydroxyl groups excluding tert-OH is 6. The van der Waals surface area contributed by atoms with E-state index in [4.69, 9.17) is 28.4 Å². The molecule has 13 heteroatoms. The van der Waals surface area contributed by atoms with E-state index in [2.05, 4.69) is 6.92 Å². The van der Waals surface area contributed by atoms with Crippen LogP contribution in [0.2, 0.25) is 0 Å². The molecule has 11 atom stereocenters. The lowest BCUT2D eigenvalue weighted by Gasteiger charge is -2.45. The zero-order valence-corrected chi connectivity index (χ0v) is 26.3. The third kappa shape index (κ3) is 10.0.